The molecule has 48 heavy (non-hydrogen) atoms. The van der Waals surface area contributed by atoms with Gasteiger partial charge in [-0.25, -0.2) is 38.5 Å². The zero-order chi connectivity index (χ0) is 34.6. The van der Waals surface area contributed by atoms with Gasteiger partial charge in [-0.3, -0.25) is 0 Å². The number of fused-ring (bicyclic) bond motifs is 2. The van der Waals surface area contributed by atoms with Crippen LogP contribution in [0.15, 0.2) is 71.2 Å². The number of benzene rings is 2. The summed E-state index contributed by atoms with van der Waals surface area (Å²) in [5.41, 5.74) is 4.28. The van der Waals surface area contributed by atoms with Crippen molar-refractivity contribution in [2.45, 2.75) is 30.1 Å². The number of aromatic nitrogens is 4. The van der Waals surface area contributed by atoms with Crippen molar-refractivity contribution >= 4 is 68.4 Å². The van der Waals surface area contributed by atoms with E-state index in [0.29, 0.717) is 12.5 Å². The predicted octanol–water partition coefficient (Wildman–Crippen LogP) is 4.59. The van der Waals surface area contributed by atoms with Gasteiger partial charge in [-0.15, -0.1) is 0 Å². The molecule has 3 aromatic heterocycles. The van der Waals surface area contributed by atoms with Gasteiger partial charge in [0, 0.05) is 31.5 Å². The summed E-state index contributed by atoms with van der Waals surface area (Å²) in [6, 6.07) is 19.1. The number of carboxylic acids is 4. The highest BCUT2D eigenvalue weighted by molar-refractivity contribution is 8.01. The molecule has 0 bridgehead atoms. The summed E-state index contributed by atoms with van der Waals surface area (Å²) in [4.78, 5) is 54.1. The van der Waals surface area contributed by atoms with Crippen molar-refractivity contribution in [3.05, 3.63) is 84.1 Å². The quantitative estimate of drug-likeness (QED) is 0.130. The van der Waals surface area contributed by atoms with E-state index < -0.39 is 23.9 Å². The molecule has 0 unspecified atom stereocenters. The van der Waals surface area contributed by atoms with Gasteiger partial charge >= 0.3 is 23.9 Å². The van der Waals surface area contributed by atoms with Crippen molar-refractivity contribution < 1.29 is 44.0 Å². The SMILES string of the molecule is Fc1ccc(Cn2c(CC3CCN(CCSc4nc5cccnc5s4)CC3)nc3ccccc32)cc1.O=C(O)C(=O)O.O=C(O)C(=O)O. The molecule has 252 valence electrons. The van der Waals surface area contributed by atoms with Crippen LogP contribution in [-0.2, 0) is 32.1 Å². The van der Waals surface area contributed by atoms with Crippen LogP contribution in [-0.4, -0.2) is 94.1 Å². The van der Waals surface area contributed by atoms with Gasteiger partial charge in [0.15, 0.2) is 4.34 Å². The number of thioether (sulfide) groups is 1. The average molecular weight is 698 g/mol. The highest BCUT2D eigenvalue weighted by Crippen LogP contribution is 2.29. The first kappa shape index (κ1) is 35.9. The van der Waals surface area contributed by atoms with E-state index in [1.54, 1.807) is 11.3 Å². The molecule has 6 rings (SSSR count). The standard InChI is InChI=1S/C28H28FN5S2.2C2H2O4/c29-22-9-7-21(8-10-22)19-34-25-6-2-1-4-23(25)31-26(34)18-20-11-14-33(15-12-20)16-17-35-28-32-24-5-3-13-30-27(24)36-28;2*3-1(4)2(5)6/h1-10,13,20H,11-12,14-19H2;2*(H,3,4)(H,5,6). The topological polar surface area (TPSA) is 196 Å². The van der Waals surface area contributed by atoms with Crippen LogP contribution in [0.2, 0.25) is 0 Å². The number of carboxylic acid groups (broad SMARTS) is 4. The minimum absolute atomic E-state index is 0.197. The number of aliphatic carboxylic acids is 4. The van der Waals surface area contributed by atoms with E-state index in [0.717, 1.165) is 68.9 Å². The molecule has 0 radical (unpaired) electrons. The number of hydrogen-bond acceptors (Lipinski definition) is 10. The number of para-hydroxylation sites is 2. The fourth-order valence-corrected chi connectivity index (χ4v) is 7.03. The Labute approximate surface area is 281 Å². The van der Waals surface area contributed by atoms with Crippen LogP contribution in [0.1, 0.15) is 24.2 Å². The van der Waals surface area contributed by atoms with E-state index in [4.69, 9.17) is 44.6 Å². The molecule has 2 aromatic carbocycles. The average Bonchev–Trinajstić information content (AvgIpc) is 3.64. The van der Waals surface area contributed by atoms with Crippen LogP contribution >= 0.6 is 23.1 Å². The maximum absolute atomic E-state index is 13.4. The minimum atomic E-state index is -1.82. The summed E-state index contributed by atoms with van der Waals surface area (Å²) < 4.78 is 16.8. The molecule has 1 fully saturated rings. The molecule has 4 N–H and O–H groups in total. The van der Waals surface area contributed by atoms with Gasteiger partial charge in [-0.2, -0.15) is 0 Å². The van der Waals surface area contributed by atoms with Crippen molar-refractivity contribution in [3.8, 4) is 0 Å². The predicted molar refractivity (Wildman–Crippen MR) is 177 cm³/mol. The largest absolute Gasteiger partial charge is 0.473 e. The molecule has 1 aliphatic rings. The first-order chi connectivity index (χ1) is 23.0. The molecular weight excluding hydrogens is 666 g/mol. The summed E-state index contributed by atoms with van der Waals surface area (Å²) in [7, 11) is 0. The molecule has 4 heterocycles. The molecule has 5 aromatic rings. The highest BCUT2D eigenvalue weighted by Gasteiger charge is 2.22. The fraction of sp³-hybridized carbons (Fsp3) is 0.281. The van der Waals surface area contributed by atoms with Gasteiger partial charge in [-0.1, -0.05) is 47.4 Å². The fourth-order valence-electron chi connectivity index (χ4n) is 4.98. The number of carbonyl (C=O) groups is 4. The van der Waals surface area contributed by atoms with Crippen LogP contribution in [0.3, 0.4) is 0 Å². The molecule has 0 amide bonds. The molecule has 0 atom stereocenters. The smallest absolute Gasteiger partial charge is 0.414 e. The highest BCUT2D eigenvalue weighted by atomic mass is 32.2. The van der Waals surface area contributed by atoms with Gasteiger partial charge in [0.1, 0.15) is 22.0 Å². The van der Waals surface area contributed by atoms with E-state index in [2.05, 4.69) is 37.6 Å². The second-order valence-corrected chi connectivity index (χ2v) is 12.9. The Morgan fingerprint density at radius 2 is 1.46 bits per heavy atom. The third-order valence-corrected chi connectivity index (χ3v) is 9.41. The van der Waals surface area contributed by atoms with Crippen molar-refractivity contribution in [2.24, 2.45) is 5.92 Å². The second-order valence-electron chi connectivity index (χ2n) is 10.6. The number of nitrogens with zero attached hydrogens (tertiary/aromatic N) is 5. The van der Waals surface area contributed by atoms with E-state index in [1.807, 2.05) is 48.3 Å². The number of hydrogen-bond donors (Lipinski definition) is 4. The normalized spacial score (nSPS) is 13.3. The zero-order valence-electron chi connectivity index (χ0n) is 25.4. The van der Waals surface area contributed by atoms with Gasteiger partial charge in [0.2, 0.25) is 0 Å². The Morgan fingerprint density at radius 3 is 2.08 bits per heavy atom. The second kappa shape index (κ2) is 17.3. The van der Waals surface area contributed by atoms with Crippen LogP contribution in [0, 0.1) is 11.7 Å². The Hall–Kier alpha value is -4.93. The number of thiazole rings is 1. The van der Waals surface area contributed by atoms with E-state index in [-0.39, 0.29) is 5.82 Å². The summed E-state index contributed by atoms with van der Waals surface area (Å²) >= 11 is 3.52. The zero-order valence-corrected chi connectivity index (χ0v) is 27.1. The Bertz CT molecular complexity index is 1790. The van der Waals surface area contributed by atoms with E-state index >= 15 is 0 Å². The molecular formula is C32H32FN5O8S2. The Morgan fingerprint density at radius 1 is 0.833 bits per heavy atom. The number of likely N-dealkylation sites (tertiary alicyclic amines) is 1. The molecule has 0 saturated carbocycles. The molecule has 0 aliphatic carbocycles. The van der Waals surface area contributed by atoms with E-state index in [9.17, 15) is 4.39 Å². The third-order valence-electron chi connectivity index (χ3n) is 7.31. The van der Waals surface area contributed by atoms with Crippen molar-refractivity contribution in [3.63, 3.8) is 0 Å². The van der Waals surface area contributed by atoms with Crippen molar-refractivity contribution in [1.82, 2.24) is 24.4 Å². The number of imidazole rings is 1. The molecule has 1 saturated heterocycles. The maximum atomic E-state index is 13.4. The van der Waals surface area contributed by atoms with Crippen LogP contribution in [0.25, 0.3) is 21.4 Å². The number of piperidine rings is 1. The molecule has 1 aliphatic heterocycles. The molecule has 16 heteroatoms. The number of rotatable bonds is 8. The summed E-state index contributed by atoms with van der Waals surface area (Å²) in [5, 5.41) is 29.6. The van der Waals surface area contributed by atoms with Crippen LogP contribution in [0.5, 0.6) is 0 Å². The number of pyridine rings is 1. The van der Waals surface area contributed by atoms with Gasteiger partial charge < -0.3 is 29.9 Å². The van der Waals surface area contributed by atoms with Gasteiger partial charge in [-0.05, 0) is 73.8 Å². The van der Waals surface area contributed by atoms with Crippen molar-refractivity contribution in [2.75, 3.05) is 25.4 Å². The lowest BCUT2D eigenvalue weighted by Gasteiger charge is -2.31. The first-order valence-electron chi connectivity index (χ1n) is 14.7. The Kier molecular flexibility index (Phi) is 12.9. The lowest BCUT2D eigenvalue weighted by atomic mass is 9.93. The molecule has 0 spiro atoms. The van der Waals surface area contributed by atoms with Gasteiger partial charge in [0.05, 0.1) is 11.0 Å². The van der Waals surface area contributed by atoms with Crippen LogP contribution in [0.4, 0.5) is 4.39 Å². The van der Waals surface area contributed by atoms with Crippen molar-refractivity contribution in [1.29, 1.82) is 0 Å². The monoisotopic (exact) mass is 697 g/mol. The van der Waals surface area contributed by atoms with E-state index in [1.165, 1.54) is 25.0 Å². The summed E-state index contributed by atoms with van der Waals surface area (Å²) in [5.74, 6) is -4.67. The lowest BCUT2D eigenvalue weighted by Crippen LogP contribution is -2.36. The summed E-state index contributed by atoms with van der Waals surface area (Å²) in [6.45, 7) is 4.06. The lowest BCUT2D eigenvalue weighted by molar-refractivity contribution is -0.159. The third kappa shape index (κ3) is 10.5. The Balaban J connectivity index is 0.000000373. The first-order valence-corrected chi connectivity index (χ1v) is 16.5. The van der Waals surface area contributed by atoms with Crippen LogP contribution < -0.4 is 0 Å². The van der Waals surface area contributed by atoms with Gasteiger partial charge in [0.25, 0.3) is 0 Å². The summed E-state index contributed by atoms with van der Waals surface area (Å²) in [6.07, 6.45) is 5.19. The minimum Gasteiger partial charge on any atom is -0.473 e. The maximum Gasteiger partial charge on any atom is 0.414 e. The molecule has 13 nitrogen and oxygen atoms in total. The number of halogens is 1.